The number of para-hydroxylation sites is 1. The lowest BCUT2D eigenvalue weighted by atomic mass is 9.86. The summed E-state index contributed by atoms with van der Waals surface area (Å²) in [7, 11) is -4.68. The second-order valence-corrected chi connectivity index (χ2v) is 11.3. The van der Waals surface area contributed by atoms with Gasteiger partial charge in [-0.3, -0.25) is 19.4 Å². The van der Waals surface area contributed by atoms with E-state index in [-0.39, 0.29) is 17.2 Å². The average molecular weight is 519 g/mol. The van der Waals surface area contributed by atoms with Crippen molar-refractivity contribution in [2.24, 2.45) is 5.92 Å². The summed E-state index contributed by atoms with van der Waals surface area (Å²) in [6.45, 7) is 0.619. The van der Waals surface area contributed by atoms with Gasteiger partial charge in [0.25, 0.3) is 5.91 Å². The summed E-state index contributed by atoms with van der Waals surface area (Å²) in [4.78, 5) is 47.1. The van der Waals surface area contributed by atoms with E-state index >= 15 is 0 Å². The van der Waals surface area contributed by atoms with Gasteiger partial charge in [0, 0.05) is 22.8 Å². The zero-order valence-corrected chi connectivity index (χ0v) is 21.2. The summed E-state index contributed by atoms with van der Waals surface area (Å²) < 4.78 is 15.5. The number of rotatable bonds is 8. The van der Waals surface area contributed by atoms with Crippen molar-refractivity contribution in [1.82, 2.24) is 5.32 Å². The Morgan fingerprint density at radius 2 is 1.80 bits per heavy atom. The molecule has 0 aromatic heterocycles. The van der Waals surface area contributed by atoms with Crippen molar-refractivity contribution in [2.45, 2.75) is 55.9 Å². The van der Waals surface area contributed by atoms with Gasteiger partial charge in [-0.05, 0) is 55.2 Å². The Kier molecular flexibility index (Phi) is 8.55. The zero-order chi connectivity index (χ0) is 24.8. The Balaban J connectivity index is 1.43. The van der Waals surface area contributed by atoms with Crippen LogP contribution in [0.4, 0.5) is 5.69 Å². The van der Waals surface area contributed by atoms with E-state index in [9.17, 15) is 14.2 Å². The molecule has 1 heterocycles. The number of fused-ring (bicyclic) bond motifs is 1. The number of hydrogen-bond donors (Lipinski definition) is 3. The third-order valence-corrected chi connectivity index (χ3v) is 8.10. The fourth-order valence-corrected chi connectivity index (χ4v) is 6.22. The maximum atomic E-state index is 13.6. The summed E-state index contributed by atoms with van der Waals surface area (Å²) >= 11 is 1.55. The first-order chi connectivity index (χ1) is 16.8. The minimum Gasteiger partial charge on any atom is -0.404 e. The van der Waals surface area contributed by atoms with Gasteiger partial charge in [-0.25, -0.2) is 4.57 Å². The predicted octanol–water partition coefficient (Wildman–Crippen LogP) is 4.76. The second kappa shape index (κ2) is 11.6. The highest BCUT2D eigenvalue weighted by atomic mass is 32.2. The molecule has 35 heavy (non-hydrogen) atoms. The number of nitrogens with zero attached hydrogens (tertiary/aromatic N) is 1. The highest BCUT2D eigenvalue weighted by Gasteiger charge is 2.32. The number of phosphoric ester groups is 1. The third kappa shape index (κ3) is 7.10. The van der Waals surface area contributed by atoms with Gasteiger partial charge in [0.2, 0.25) is 5.91 Å². The minimum atomic E-state index is -4.68. The van der Waals surface area contributed by atoms with E-state index in [1.807, 2.05) is 29.2 Å². The molecule has 0 radical (unpaired) electrons. The smallest absolute Gasteiger partial charge is 0.404 e. The molecule has 188 valence electrons. The Bertz CT molecular complexity index is 1080. The van der Waals surface area contributed by atoms with Gasteiger partial charge in [0.1, 0.15) is 11.8 Å². The molecule has 2 aromatic carbocycles. The van der Waals surface area contributed by atoms with Crippen LogP contribution in [0.2, 0.25) is 0 Å². The largest absolute Gasteiger partial charge is 0.524 e. The minimum absolute atomic E-state index is 0.0458. The molecule has 1 aliphatic carbocycles. The lowest BCUT2D eigenvalue weighted by Crippen LogP contribution is -2.49. The molecule has 1 saturated carbocycles. The molecule has 2 aliphatic rings. The number of amides is 2. The number of carbonyl (C=O) groups is 2. The molecule has 0 unspecified atom stereocenters. The second-order valence-electron chi connectivity index (χ2n) is 9.05. The first-order valence-corrected chi connectivity index (χ1v) is 14.5. The quantitative estimate of drug-likeness (QED) is 0.432. The van der Waals surface area contributed by atoms with Crippen molar-refractivity contribution in [2.75, 3.05) is 17.2 Å². The number of anilines is 1. The topological polar surface area (TPSA) is 116 Å². The van der Waals surface area contributed by atoms with Crippen LogP contribution in [-0.4, -0.2) is 39.9 Å². The van der Waals surface area contributed by atoms with Crippen LogP contribution in [-0.2, 0) is 9.36 Å². The number of thioether (sulfide) groups is 1. The van der Waals surface area contributed by atoms with E-state index in [4.69, 9.17) is 9.79 Å². The summed E-state index contributed by atoms with van der Waals surface area (Å²) in [5.74, 6) is 0.555. The van der Waals surface area contributed by atoms with Crippen molar-refractivity contribution >= 4 is 37.1 Å². The molecule has 1 fully saturated rings. The number of nitrogens with one attached hydrogen (secondary N) is 1. The number of carbonyl (C=O) groups excluding carboxylic acids is 2. The van der Waals surface area contributed by atoms with Crippen molar-refractivity contribution in [1.29, 1.82) is 0 Å². The van der Waals surface area contributed by atoms with Crippen LogP contribution in [0.3, 0.4) is 0 Å². The fourth-order valence-electron chi connectivity index (χ4n) is 4.75. The standard InChI is InChI=1S/C25H31N2O6PS/c28-24(19-12-14-20(15-13-19)33-34(30,31)32)26-21-17-35-23-11-5-4-10-22(23)27(25(21)29)16-6-9-18-7-2-1-3-8-18/h4-5,10-15,18,21H,1-3,6-9,16-17H2,(H,26,28)(H2,30,31,32)/t21-/m0/s1. The molecule has 0 spiro atoms. The Hall–Kier alpha value is -2.32. The first-order valence-electron chi connectivity index (χ1n) is 12.0. The lowest BCUT2D eigenvalue weighted by Gasteiger charge is -2.27. The molecule has 1 aliphatic heterocycles. The lowest BCUT2D eigenvalue weighted by molar-refractivity contribution is -0.119. The molecule has 8 nitrogen and oxygen atoms in total. The van der Waals surface area contributed by atoms with Gasteiger partial charge in [-0.1, -0.05) is 44.2 Å². The summed E-state index contributed by atoms with van der Waals surface area (Å²) in [6, 6.07) is 12.6. The van der Waals surface area contributed by atoms with Crippen molar-refractivity contribution in [3.05, 3.63) is 54.1 Å². The molecule has 10 heteroatoms. The van der Waals surface area contributed by atoms with Crippen molar-refractivity contribution in [3.63, 3.8) is 0 Å². The van der Waals surface area contributed by atoms with Crippen LogP contribution in [0.15, 0.2) is 53.4 Å². The van der Waals surface area contributed by atoms with Gasteiger partial charge in [0.15, 0.2) is 0 Å². The molecular formula is C25H31N2O6PS. The van der Waals surface area contributed by atoms with Gasteiger partial charge < -0.3 is 14.7 Å². The van der Waals surface area contributed by atoms with Gasteiger partial charge in [0.05, 0.1) is 5.69 Å². The molecule has 0 bridgehead atoms. The van der Waals surface area contributed by atoms with E-state index in [1.54, 1.807) is 11.8 Å². The van der Waals surface area contributed by atoms with Crippen LogP contribution in [0.25, 0.3) is 0 Å². The fraction of sp³-hybridized carbons (Fsp3) is 0.440. The Morgan fingerprint density at radius 3 is 2.51 bits per heavy atom. The molecule has 3 N–H and O–H groups in total. The van der Waals surface area contributed by atoms with Crippen molar-refractivity contribution in [3.8, 4) is 5.75 Å². The van der Waals surface area contributed by atoms with Crippen LogP contribution in [0, 0.1) is 5.92 Å². The zero-order valence-electron chi connectivity index (χ0n) is 19.5. The normalized spacial score (nSPS) is 19.1. The van der Waals surface area contributed by atoms with Gasteiger partial charge in [-0.15, -0.1) is 11.8 Å². The highest BCUT2D eigenvalue weighted by Crippen LogP contribution is 2.38. The molecule has 2 aromatic rings. The molecule has 4 rings (SSSR count). The van der Waals surface area contributed by atoms with Crippen LogP contribution in [0.1, 0.15) is 55.3 Å². The predicted molar refractivity (Wildman–Crippen MR) is 136 cm³/mol. The number of hydrogen-bond acceptors (Lipinski definition) is 5. The number of benzene rings is 2. The van der Waals surface area contributed by atoms with Crippen LogP contribution >= 0.6 is 19.6 Å². The Labute approximate surface area is 209 Å². The van der Waals surface area contributed by atoms with Crippen molar-refractivity contribution < 1.29 is 28.5 Å². The van der Waals surface area contributed by atoms with Gasteiger partial charge >= 0.3 is 7.82 Å². The van der Waals surface area contributed by atoms with Gasteiger partial charge in [-0.2, -0.15) is 0 Å². The van der Waals surface area contributed by atoms with E-state index in [0.29, 0.717) is 12.3 Å². The first kappa shape index (κ1) is 25.8. The maximum Gasteiger partial charge on any atom is 0.524 e. The molecule has 0 saturated heterocycles. The monoisotopic (exact) mass is 518 g/mol. The van der Waals surface area contributed by atoms with E-state index in [1.165, 1.54) is 56.4 Å². The van der Waals surface area contributed by atoms with Crippen LogP contribution < -0.4 is 14.7 Å². The summed E-state index contributed by atoms with van der Waals surface area (Å²) in [5, 5.41) is 2.85. The van der Waals surface area contributed by atoms with Crippen LogP contribution in [0.5, 0.6) is 5.75 Å². The highest BCUT2D eigenvalue weighted by molar-refractivity contribution is 7.99. The Morgan fingerprint density at radius 1 is 1.09 bits per heavy atom. The summed E-state index contributed by atoms with van der Waals surface area (Å²) in [6.07, 6.45) is 8.51. The molecular weight excluding hydrogens is 487 g/mol. The molecule has 2 amide bonds. The SMILES string of the molecule is O=C(N[C@H]1CSc2ccccc2N(CCCC2CCCCC2)C1=O)c1ccc(OP(=O)(O)O)cc1. The van der Waals surface area contributed by atoms with E-state index in [0.717, 1.165) is 29.3 Å². The molecule has 1 atom stereocenters. The average Bonchev–Trinajstić information content (AvgIpc) is 2.96. The van der Waals surface area contributed by atoms with E-state index < -0.39 is 19.8 Å². The summed E-state index contributed by atoms with van der Waals surface area (Å²) in [5.41, 5.74) is 1.16. The number of phosphoric acid groups is 1. The van der Waals surface area contributed by atoms with E-state index in [2.05, 4.69) is 9.84 Å². The third-order valence-electron chi connectivity index (χ3n) is 6.49. The maximum absolute atomic E-state index is 13.6.